The van der Waals surface area contributed by atoms with Crippen LogP contribution in [0.15, 0.2) is 30.3 Å². The highest BCUT2D eigenvalue weighted by Crippen LogP contribution is 2.31. The van der Waals surface area contributed by atoms with Crippen LogP contribution < -0.4 is 5.32 Å². The van der Waals surface area contributed by atoms with Crippen molar-refractivity contribution in [3.63, 3.8) is 0 Å². The number of nitrogens with one attached hydrogen (secondary N) is 1. The number of rotatable bonds is 2. The zero-order chi connectivity index (χ0) is 13.1. The van der Waals surface area contributed by atoms with Gasteiger partial charge in [0.05, 0.1) is 0 Å². The molecule has 4 nitrogen and oxygen atoms in total. The maximum absolute atomic E-state index is 11.7. The molecule has 0 aliphatic heterocycles. The Kier molecular flexibility index (Phi) is 4.89. The van der Waals surface area contributed by atoms with E-state index in [0.29, 0.717) is 5.69 Å². The topological polar surface area (TPSA) is 52.6 Å². The number of urea groups is 1. The number of aliphatic hydroxyl groups is 1. The van der Waals surface area contributed by atoms with Gasteiger partial charge in [-0.15, -0.1) is 0 Å². The monoisotopic (exact) mass is 296 g/mol. The third-order valence-electron chi connectivity index (χ3n) is 2.01. The zero-order valence-electron chi connectivity index (χ0n) is 8.90. The molecule has 17 heavy (non-hydrogen) atoms. The predicted molar refractivity (Wildman–Crippen MR) is 69.5 cm³/mol. The second-order valence-electron chi connectivity index (χ2n) is 3.32. The molecule has 0 saturated heterocycles. The molecule has 7 heteroatoms. The minimum Gasteiger partial charge on any atom is -0.369 e. The number of halogens is 3. The molecule has 0 radical (unpaired) electrons. The average molecular weight is 298 g/mol. The smallest absolute Gasteiger partial charge is 0.323 e. The van der Waals surface area contributed by atoms with E-state index in [1.807, 2.05) is 6.07 Å². The van der Waals surface area contributed by atoms with Gasteiger partial charge in [-0.3, -0.25) is 4.90 Å². The molecule has 0 fully saturated rings. The van der Waals surface area contributed by atoms with Crippen LogP contribution in [0.25, 0.3) is 0 Å². The first-order valence-corrected chi connectivity index (χ1v) is 5.79. The first-order chi connectivity index (χ1) is 7.82. The largest absolute Gasteiger partial charge is 0.369 e. The van der Waals surface area contributed by atoms with Gasteiger partial charge >= 0.3 is 6.03 Å². The Morgan fingerprint density at radius 3 is 2.35 bits per heavy atom. The van der Waals surface area contributed by atoms with E-state index < -0.39 is 16.1 Å². The molecule has 1 unspecified atom stereocenters. The lowest BCUT2D eigenvalue weighted by Gasteiger charge is -2.28. The van der Waals surface area contributed by atoms with Crippen LogP contribution in [0.3, 0.4) is 0 Å². The molecule has 2 N–H and O–H groups in total. The number of hydrogen-bond donors (Lipinski definition) is 2. The normalized spacial score (nSPS) is 13.0. The molecule has 1 rings (SSSR count). The number of benzene rings is 1. The molecule has 0 heterocycles. The summed E-state index contributed by atoms with van der Waals surface area (Å²) in [5.74, 6) is 0. The second kappa shape index (κ2) is 5.78. The Labute approximate surface area is 114 Å². The number of anilines is 1. The molecule has 0 spiro atoms. The van der Waals surface area contributed by atoms with Gasteiger partial charge in [-0.1, -0.05) is 53.0 Å². The second-order valence-corrected chi connectivity index (χ2v) is 5.69. The standard InChI is InChI=1S/C10H11Cl3N2O2/c1-15(8(16)10(11,12)13)9(17)14-7-5-3-2-4-6-7/h2-6,8,16H,1H3,(H,14,17). The maximum atomic E-state index is 11.7. The summed E-state index contributed by atoms with van der Waals surface area (Å²) in [7, 11) is 1.32. The number of carbonyl (C=O) groups is 1. The Morgan fingerprint density at radius 1 is 1.35 bits per heavy atom. The molecule has 0 aliphatic carbocycles. The molecule has 1 atom stereocenters. The van der Waals surface area contributed by atoms with E-state index in [1.54, 1.807) is 24.3 Å². The number of aliphatic hydroxyl groups excluding tert-OH is 1. The molecule has 0 saturated carbocycles. The van der Waals surface area contributed by atoms with Gasteiger partial charge in [0.15, 0.2) is 6.23 Å². The van der Waals surface area contributed by atoms with Gasteiger partial charge in [0.1, 0.15) is 0 Å². The molecular formula is C10H11Cl3N2O2. The van der Waals surface area contributed by atoms with Crippen LogP contribution in [0.4, 0.5) is 10.5 Å². The molecule has 1 aromatic carbocycles. The summed E-state index contributed by atoms with van der Waals surface area (Å²) in [4.78, 5) is 12.6. The molecule has 2 amide bonds. The third-order valence-corrected chi connectivity index (χ3v) is 2.59. The van der Waals surface area contributed by atoms with Gasteiger partial charge in [-0.25, -0.2) is 4.79 Å². The van der Waals surface area contributed by atoms with Crippen molar-refractivity contribution >= 4 is 46.5 Å². The van der Waals surface area contributed by atoms with Crippen molar-refractivity contribution in [3.8, 4) is 0 Å². The van der Waals surface area contributed by atoms with Crippen LogP contribution in [-0.2, 0) is 0 Å². The van der Waals surface area contributed by atoms with Crippen molar-refractivity contribution in [2.45, 2.75) is 10.0 Å². The van der Waals surface area contributed by atoms with Crippen LogP contribution in [0.1, 0.15) is 0 Å². The van der Waals surface area contributed by atoms with E-state index in [1.165, 1.54) is 7.05 Å². The first kappa shape index (κ1) is 14.4. The molecule has 0 aromatic heterocycles. The van der Waals surface area contributed by atoms with Gasteiger partial charge in [0.2, 0.25) is 3.79 Å². The summed E-state index contributed by atoms with van der Waals surface area (Å²) in [5.41, 5.74) is 0.584. The number of amides is 2. The van der Waals surface area contributed by atoms with Crippen LogP contribution in [0.5, 0.6) is 0 Å². The van der Waals surface area contributed by atoms with Crippen molar-refractivity contribution in [1.82, 2.24) is 4.90 Å². The molecule has 1 aromatic rings. The Balaban J connectivity index is 2.65. The summed E-state index contributed by atoms with van der Waals surface area (Å²) in [6.07, 6.45) is -1.53. The van der Waals surface area contributed by atoms with Gasteiger partial charge < -0.3 is 10.4 Å². The summed E-state index contributed by atoms with van der Waals surface area (Å²) in [6.45, 7) is 0. The Morgan fingerprint density at radius 2 is 1.88 bits per heavy atom. The lowest BCUT2D eigenvalue weighted by Crippen LogP contribution is -2.46. The third kappa shape index (κ3) is 4.24. The van der Waals surface area contributed by atoms with Crippen molar-refractivity contribution in [1.29, 1.82) is 0 Å². The Bertz CT molecular complexity index is 381. The van der Waals surface area contributed by atoms with Gasteiger partial charge in [0, 0.05) is 12.7 Å². The van der Waals surface area contributed by atoms with Crippen LogP contribution in [0, 0.1) is 0 Å². The van der Waals surface area contributed by atoms with Gasteiger partial charge in [-0.2, -0.15) is 0 Å². The fourth-order valence-electron chi connectivity index (χ4n) is 1.06. The van der Waals surface area contributed by atoms with E-state index in [9.17, 15) is 9.90 Å². The van der Waals surface area contributed by atoms with Crippen LogP contribution in [0.2, 0.25) is 0 Å². The van der Waals surface area contributed by atoms with Crippen molar-refractivity contribution < 1.29 is 9.90 Å². The average Bonchev–Trinajstić information content (AvgIpc) is 2.27. The molecular weight excluding hydrogens is 286 g/mol. The van der Waals surface area contributed by atoms with Crippen molar-refractivity contribution in [2.24, 2.45) is 0 Å². The quantitative estimate of drug-likeness (QED) is 0.651. The minimum absolute atomic E-state index is 0.574. The number of nitrogens with zero attached hydrogens (tertiary/aromatic N) is 1. The van der Waals surface area contributed by atoms with E-state index in [4.69, 9.17) is 34.8 Å². The SMILES string of the molecule is CN(C(=O)Nc1ccccc1)C(O)C(Cl)(Cl)Cl. The fraction of sp³-hybridized carbons (Fsp3) is 0.300. The highest BCUT2D eigenvalue weighted by Gasteiger charge is 2.36. The minimum atomic E-state index is -1.96. The summed E-state index contributed by atoms with van der Waals surface area (Å²) < 4.78 is -1.96. The highest BCUT2D eigenvalue weighted by molar-refractivity contribution is 6.68. The molecule has 0 bridgehead atoms. The number of carbonyl (C=O) groups excluding carboxylic acids is 1. The van der Waals surface area contributed by atoms with Gasteiger partial charge in [0.25, 0.3) is 0 Å². The predicted octanol–water partition coefficient (Wildman–Crippen LogP) is 2.84. The zero-order valence-corrected chi connectivity index (χ0v) is 11.2. The van der Waals surface area contributed by atoms with Crippen molar-refractivity contribution in [3.05, 3.63) is 30.3 Å². The number of para-hydroxylation sites is 1. The number of alkyl halides is 3. The van der Waals surface area contributed by atoms with Crippen LogP contribution >= 0.6 is 34.8 Å². The van der Waals surface area contributed by atoms with E-state index in [0.717, 1.165) is 4.90 Å². The van der Waals surface area contributed by atoms with E-state index >= 15 is 0 Å². The van der Waals surface area contributed by atoms with E-state index in [2.05, 4.69) is 5.32 Å². The lowest BCUT2D eigenvalue weighted by molar-refractivity contribution is 0.0547. The summed E-state index contributed by atoms with van der Waals surface area (Å²) in [6, 6.07) is 8.17. The van der Waals surface area contributed by atoms with Crippen LogP contribution in [-0.4, -0.2) is 33.1 Å². The lowest BCUT2D eigenvalue weighted by atomic mass is 10.3. The first-order valence-electron chi connectivity index (χ1n) is 4.66. The summed E-state index contributed by atoms with van der Waals surface area (Å²) in [5, 5.41) is 12.1. The van der Waals surface area contributed by atoms with E-state index in [-0.39, 0.29) is 0 Å². The van der Waals surface area contributed by atoms with Crippen molar-refractivity contribution in [2.75, 3.05) is 12.4 Å². The summed E-state index contributed by atoms with van der Waals surface area (Å²) >= 11 is 16.5. The van der Waals surface area contributed by atoms with Gasteiger partial charge in [-0.05, 0) is 12.1 Å². The molecule has 94 valence electrons. The highest BCUT2D eigenvalue weighted by atomic mass is 35.6. The maximum Gasteiger partial charge on any atom is 0.323 e. The molecule has 0 aliphatic rings. The Hall–Kier alpha value is -0.680. The number of hydrogen-bond acceptors (Lipinski definition) is 2. The fourth-order valence-corrected chi connectivity index (χ4v) is 1.50.